The number of aliphatic carboxylic acids is 1. The summed E-state index contributed by atoms with van der Waals surface area (Å²) in [4.78, 5) is 49.4. The van der Waals surface area contributed by atoms with E-state index in [0.717, 1.165) is 36.9 Å². The number of anilines is 2. The van der Waals surface area contributed by atoms with Crippen molar-refractivity contribution in [1.29, 1.82) is 5.41 Å². The molecule has 5 N–H and O–H groups in total. The van der Waals surface area contributed by atoms with Crippen molar-refractivity contribution in [3.63, 3.8) is 0 Å². The number of ether oxygens (including phenoxy) is 2. The number of amidine groups is 1. The molecule has 0 fully saturated rings. The number of aromatic amines is 1. The van der Waals surface area contributed by atoms with Crippen LogP contribution in [0.3, 0.4) is 0 Å². The fraction of sp³-hybridized carbons (Fsp3) is 0.312. The van der Waals surface area contributed by atoms with Crippen LogP contribution in [0.15, 0.2) is 60.8 Å². The van der Waals surface area contributed by atoms with E-state index in [4.69, 9.17) is 20.0 Å². The third-order valence-electron chi connectivity index (χ3n) is 6.89. The number of fused-ring (bicyclic) bond motifs is 1. The number of hydrogen-bond acceptors (Lipinski definition) is 9. The molecule has 13 nitrogen and oxygen atoms in total. The summed E-state index contributed by atoms with van der Waals surface area (Å²) in [5.74, 6) is 0.133. The highest BCUT2D eigenvalue weighted by Gasteiger charge is 2.22. The number of carbonyl (C=O) groups excluding carboxylic acids is 2. The summed E-state index contributed by atoms with van der Waals surface area (Å²) in [6.07, 6.45) is 3.86. The van der Waals surface area contributed by atoms with E-state index in [1.54, 1.807) is 61.5 Å². The molecule has 4 aromatic rings. The van der Waals surface area contributed by atoms with Crippen molar-refractivity contribution in [2.45, 2.75) is 52.5 Å². The number of unbranched alkanes of at least 4 members (excludes halogenated alkanes) is 3. The van der Waals surface area contributed by atoms with Crippen LogP contribution in [0.4, 0.5) is 21.1 Å². The number of pyridine rings is 1. The number of carboxylic acids is 1. The lowest BCUT2D eigenvalue weighted by Gasteiger charge is -2.20. The molecule has 2 heterocycles. The van der Waals surface area contributed by atoms with Crippen LogP contribution >= 0.6 is 0 Å². The van der Waals surface area contributed by atoms with Gasteiger partial charge in [0, 0.05) is 29.6 Å². The highest BCUT2D eigenvalue weighted by molar-refractivity contribution is 6.04. The largest absolute Gasteiger partial charge is 0.481 e. The molecule has 2 aromatic heterocycles. The third kappa shape index (κ3) is 9.26. The summed E-state index contributed by atoms with van der Waals surface area (Å²) in [7, 11) is 0. The van der Waals surface area contributed by atoms with E-state index in [1.165, 1.54) is 11.1 Å². The number of aryl methyl sites for hydroxylation is 1. The molecular weight excluding hydrogens is 578 g/mol. The summed E-state index contributed by atoms with van der Waals surface area (Å²) in [5, 5.41) is 23.0. The first-order valence-electron chi connectivity index (χ1n) is 14.7. The van der Waals surface area contributed by atoms with E-state index in [-0.39, 0.29) is 24.6 Å². The van der Waals surface area contributed by atoms with Gasteiger partial charge in [-0.25, -0.2) is 19.6 Å². The van der Waals surface area contributed by atoms with E-state index < -0.39 is 18.2 Å². The van der Waals surface area contributed by atoms with E-state index in [9.17, 15) is 14.4 Å². The quantitative estimate of drug-likeness (QED) is 0.0646. The van der Waals surface area contributed by atoms with Crippen LogP contribution in [0, 0.1) is 12.3 Å². The van der Waals surface area contributed by atoms with Gasteiger partial charge in [-0.3, -0.25) is 20.4 Å². The molecule has 0 aliphatic heterocycles. The number of H-pyrrole nitrogens is 1. The Morgan fingerprint density at radius 2 is 1.84 bits per heavy atom. The number of rotatable bonds is 14. The van der Waals surface area contributed by atoms with Crippen molar-refractivity contribution >= 4 is 46.5 Å². The maximum Gasteiger partial charge on any atom is 0.420 e. The van der Waals surface area contributed by atoms with E-state index in [2.05, 4.69) is 32.5 Å². The predicted octanol–water partition coefficient (Wildman–Crippen LogP) is 5.99. The second-order valence-corrected chi connectivity index (χ2v) is 10.2. The number of imidazole rings is 1. The van der Waals surface area contributed by atoms with Gasteiger partial charge in [-0.15, -0.1) is 0 Å². The van der Waals surface area contributed by atoms with Gasteiger partial charge in [-0.2, -0.15) is 0 Å². The molecular formula is C32H37N7O6. The van der Waals surface area contributed by atoms with Gasteiger partial charge in [0.1, 0.15) is 23.2 Å². The number of benzene rings is 2. The molecule has 236 valence electrons. The Hall–Kier alpha value is -5.46. The standard InChI is InChI=1S/C32H37N7O6/c1-3-4-5-8-19-44-31(42)38-30(33)22-10-12-23(13-11-22)35-20-26-36-24-14-15-25(21(2)29(24)37-26)45-32(43)39(18-16-28(40)41)27-9-6-7-17-34-27/h6-7,9-15,17,35H,3-5,8,16,18-20H2,1-2H3,(H,36,37)(H,40,41)(H2,33,38,42). The van der Waals surface area contributed by atoms with Crippen LogP contribution in [0.25, 0.3) is 11.0 Å². The van der Waals surface area contributed by atoms with Crippen LogP contribution < -0.4 is 20.3 Å². The van der Waals surface area contributed by atoms with Crippen molar-refractivity contribution in [2.24, 2.45) is 0 Å². The number of hydrogen-bond donors (Lipinski definition) is 5. The van der Waals surface area contributed by atoms with Crippen LogP contribution in [0.2, 0.25) is 0 Å². The first kappa shape index (κ1) is 32.5. The molecule has 0 aliphatic carbocycles. The van der Waals surface area contributed by atoms with Gasteiger partial charge in [-0.05, 0) is 61.9 Å². The fourth-order valence-corrected chi connectivity index (χ4v) is 4.45. The van der Waals surface area contributed by atoms with Crippen LogP contribution in [0.1, 0.15) is 56.0 Å². The Morgan fingerprint density at radius 1 is 1.04 bits per heavy atom. The fourth-order valence-electron chi connectivity index (χ4n) is 4.45. The molecule has 0 saturated heterocycles. The number of carboxylic acid groups (broad SMARTS) is 1. The Labute approximate surface area is 260 Å². The Bertz CT molecular complexity index is 1620. The Morgan fingerprint density at radius 3 is 2.56 bits per heavy atom. The van der Waals surface area contributed by atoms with Crippen molar-refractivity contribution in [2.75, 3.05) is 23.4 Å². The summed E-state index contributed by atoms with van der Waals surface area (Å²) in [6.45, 7) is 4.49. The number of aromatic nitrogens is 3. The van der Waals surface area contributed by atoms with Gasteiger partial charge in [0.15, 0.2) is 0 Å². The molecule has 0 unspecified atom stereocenters. The second kappa shape index (κ2) is 15.8. The minimum absolute atomic E-state index is 0.0468. The summed E-state index contributed by atoms with van der Waals surface area (Å²) in [6, 6.07) is 15.5. The number of alkyl carbamates (subject to hydrolysis) is 1. The van der Waals surface area contributed by atoms with Gasteiger partial charge < -0.3 is 24.9 Å². The normalized spacial score (nSPS) is 10.7. The van der Waals surface area contributed by atoms with Gasteiger partial charge >= 0.3 is 18.2 Å². The summed E-state index contributed by atoms with van der Waals surface area (Å²) in [5.41, 5.74) is 3.34. The van der Waals surface area contributed by atoms with Gasteiger partial charge in [-0.1, -0.05) is 32.3 Å². The van der Waals surface area contributed by atoms with Crippen molar-refractivity contribution in [3.8, 4) is 5.75 Å². The topological polar surface area (TPSA) is 183 Å². The minimum atomic E-state index is -1.04. The molecule has 4 rings (SSSR count). The van der Waals surface area contributed by atoms with Crippen molar-refractivity contribution in [1.82, 2.24) is 20.3 Å². The molecule has 0 spiro atoms. The lowest BCUT2D eigenvalue weighted by atomic mass is 10.2. The molecule has 45 heavy (non-hydrogen) atoms. The molecule has 0 atom stereocenters. The van der Waals surface area contributed by atoms with Gasteiger partial charge in [0.25, 0.3) is 0 Å². The lowest BCUT2D eigenvalue weighted by Crippen LogP contribution is -2.36. The molecule has 2 aromatic carbocycles. The molecule has 0 bridgehead atoms. The van der Waals surface area contributed by atoms with Crippen molar-refractivity contribution < 1.29 is 29.0 Å². The monoisotopic (exact) mass is 615 g/mol. The molecule has 2 amide bonds. The number of carbonyl (C=O) groups is 3. The van der Waals surface area contributed by atoms with Crippen LogP contribution in [0.5, 0.6) is 5.75 Å². The maximum atomic E-state index is 13.1. The zero-order valence-corrected chi connectivity index (χ0v) is 25.3. The number of amides is 2. The van der Waals surface area contributed by atoms with Crippen LogP contribution in [-0.4, -0.2) is 57.2 Å². The minimum Gasteiger partial charge on any atom is -0.481 e. The highest BCUT2D eigenvalue weighted by Crippen LogP contribution is 2.27. The summed E-state index contributed by atoms with van der Waals surface area (Å²) < 4.78 is 10.8. The molecule has 0 radical (unpaired) electrons. The number of nitrogens with zero attached hydrogens (tertiary/aromatic N) is 3. The van der Waals surface area contributed by atoms with E-state index >= 15 is 0 Å². The SMILES string of the molecule is CCCCCCOC(=O)NC(=N)c1ccc(NCc2nc3c(C)c(OC(=O)N(CCC(=O)O)c4ccccn4)ccc3[nH]2)cc1. The highest BCUT2D eigenvalue weighted by atomic mass is 16.6. The molecule has 0 aliphatic rings. The van der Waals surface area contributed by atoms with Gasteiger partial charge in [0.05, 0.1) is 30.6 Å². The average molecular weight is 616 g/mol. The Kier molecular flexibility index (Phi) is 11.4. The number of nitrogens with one attached hydrogen (secondary N) is 4. The average Bonchev–Trinajstić information content (AvgIpc) is 3.46. The first-order valence-corrected chi connectivity index (χ1v) is 14.7. The summed E-state index contributed by atoms with van der Waals surface area (Å²) >= 11 is 0. The second-order valence-electron chi connectivity index (χ2n) is 10.2. The first-order chi connectivity index (χ1) is 21.7. The van der Waals surface area contributed by atoms with Crippen molar-refractivity contribution in [3.05, 3.63) is 77.7 Å². The Balaban J connectivity index is 1.34. The molecule has 13 heteroatoms. The zero-order valence-electron chi connectivity index (χ0n) is 25.3. The molecule has 0 saturated carbocycles. The van der Waals surface area contributed by atoms with Gasteiger partial charge in [0.2, 0.25) is 0 Å². The van der Waals surface area contributed by atoms with E-state index in [1.807, 2.05) is 0 Å². The lowest BCUT2D eigenvalue weighted by molar-refractivity contribution is -0.136. The van der Waals surface area contributed by atoms with E-state index in [0.29, 0.717) is 41.4 Å². The zero-order chi connectivity index (χ0) is 32.2. The smallest absolute Gasteiger partial charge is 0.420 e. The van der Waals surface area contributed by atoms with Crippen LogP contribution in [-0.2, 0) is 16.1 Å². The predicted molar refractivity (Wildman–Crippen MR) is 170 cm³/mol. The third-order valence-corrected chi connectivity index (χ3v) is 6.89. The maximum absolute atomic E-state index is 13.1.